The Kier molecular flexibility index (Phi) is 19.2. The van der Waals surface area contributed by atoms with Crippen LogP contribution >= 0.6 is 0 Å². The molecule has 0 fully saturated rings. The van der Waals surface area contributed by atoms with Crippen LogP contribution in [0.25, 0.3) is 11.4 Å². The van der Waals surface area contributed by atoms with Gasteiger partial charge in [0.2, 0.25) is 0 Å². The maximum Gasteiger partial charge on any atom is 0.159 e. The van der Waals surface area contributed by atoms with Gasteiger partial charge >= 0.3 is 0 Å². The molecule has 1 aromatic heterocycles. The number of nitrogens with zero attached hydrogens (tertiary/aromatic N) is 3. The zero-order chi connectivity index (χ0) is 26.6. The quantitative estimate of drug-likeness (QED) is 0.134. The van der Waals surface area contributed by atoms with Crippen molar-refractivity contribution in [2.45, 2.75) is 118 Å². The van der Waals surface area contributed by atoms with Crippen molar-refractivity contribution >= 4 is 0 Å². The summed E-state index contributed by atoms with van der Waals surface area (Å²) in [5, 5.41) is 0. The van der Waals surface area contributed by atoms with E-state index in [2.05, 4.69) is 61.9 Å². The average Bonchev–Trinajstić information content (AvgIpc) is 2.94. The van der Waals surface area contributed by atoms with Gasteiger partial charge in [-0.3, -0.25) is 0 Å². The maximum absolute atomic E-state index is 6.15. The van der Waals surface area contributed by atoms with Gasteiger partial charge in [0.1, 0.15) is 5.75 Å². The van der Waals surface area contributed by atoms with Gasteiger partial charge in [-0.25, -0.2) is 9.97 Å². The first kappa shape index (κ1) is 34.4. The number of aromatic nitrogens is 2. The highest BCUT2D eigenvalue weighted by Crippen LogP contribution is 2.21. The second-order valence-corrected chi connectivity index (χ2v) is 11.0. The number of rotatable bonds is 22. The number of quaternary nitrogens is 1. The van der Waals surface area contributed by atoms with Gasteiger partial charge in [0.25, 0.3) is 0 Å². The molecule has 216 valence electrons. The average molecular weight is 546 g/mol. The van der Waals surface area contributed by atoms with E-state index in [1.165, 1.54) is 113 Å². The number of unbranched alkanes of at least 4 members (excludes halogenated alkanes) is 8. The van der Waals surface area contributed by atoms with Gasteiger partial charge in [-0.05, 0) is 61.9 Å². The summed E-state index contributed by atoms with van der Waals surface area (Å²) in [5.41, 5.74) is 2.29. The predicted octanol–water partition coefficient (Wildman–Crippen LogP) is 6.04. The summed E-state index contributed by atoms with van der Waals surface area (Å²) >= 11 is 0. The molecule has 38 heavy (non-hydrogen) atoms. The van der Waals surface area contributed by atoms with Gasteiger partial charge in [0.15, 0.2) is 5.82 Å². The van der Waals surface area contributed by atoms with Crippen LogP contribution in [0.3, 0.4) is 0 Å². The summed E-state index contributed by atoms with van der Waals surface area (Å²) in [5.74, 6) is 1.74. The Labute approximate surface area is 241 Å². The first-order valence-corrected chi connectivity index (χ1v) is 15.6. The zero-order valence-corrected chi connectivity index (χ0v) is 25.8. The van der Waals surface area contributed by atoms with E-state index in [1.807, 2.05) is 12.4 Å². The van der Waals surface area contributed by atoms with Gasteiger partial charge < -0.3 is 21.6 Å². The normalized spacial score (nSPS) is 11.4. The van der Waals surface area contributed by atoms with Gasteiger partial charge in [-0.1, -0.05) is 79.1 Å². The number of benzene rings is 1. The molecule has 1 heterocycles. The lowest BCUT2D eigenvalue weighted by Crippen LogP contribution is -3.00. The molecule has 0 N–H and O–H groups in total. The standard InChI is InChI=1S/C33H56N3O.ClH/c1-5-9-13-14-15-16-18-30-28-34-33(35-29-30)31-19-21-32(22-20-31)37-27-17-26-36(23-10-6-2,24-11-7-3)25-12-8-4;/h19-22,28-29H,5-18,23-27H2,1-4H3;1H/q+1;/p-1. The van der Waals surface area contributed by atoms with Crippen molar-refractivity contribution in [1.29, 1.82) is 0 Å². The Morgan fingerprint density at radius 1 is 0.605 bits per heavy atom. The lowest BCUT2D eigenvalue weighted by atomic mass is 10.1. The van der Waals surface area contributed by atoms with E-state index in [0.29, 0.717) is 0 Å². The highest BCUT2D eigenvalue weighted by Gasteiger charge is 2.25. The number of halogens is 1. The molecule has 0 aliphatic heterocycles. The van der Waals surface area contributed by atoms with Gasteiger partial charge in [-0.2, -0.15) is 0 Å². The van der Waals surface area contributed by atoms with E-state index in [1.54, 1.807) is 0 Å². The Hall–Kier alpha value is -1.65. The molecule has 0 saturated carbocycles. The van der Waals surface area contributed by atoms with E-state index < -0.39 is 0 Å². The van der Waals surface area contributed by atoms with Gasteiger partial charge in [-0.15, -0.1) is 0 Å². The van der Waals surface area contributed by atoms with E-state index in [9.17, 15) is 0 Å². The SMILES string of the molecule is CCCCCCCCc1cnc(-c2ccc(OCCC[N+](CCCC)(CCCC)CCCC)cc2)nc1.[Cl-]. The largest absolute Gasteiger partial charge is 1.00 e. The van der Waals surface area contributed by atoms with Gasteiger partial charge in [0.05, 0.1) is 32.8 Å². The Morgan fingerprint density at radius 2 is 1.11 bits per heavy atom. The summed E-state index contributed by atoms with van der Waals surface area (Å²) in [6.07, 6.45) is 21.9. The summed E-state index contributed by atoms with van der Waals surface area (Å²) in [4.78, 5) is 9.26. The highest BCUT2D eigenvalue weighted by atomic mass is 35.5. The van der Waals surface area contributed by atoms with Crippen LogP contribution in [-0.4, -0.2) is 47.2 Å². The fourth-order valence-corrected chi connectivity index (χ4v) is 5.18. The van der Waals surface area contributed by atoms with Crippen LogP contribution in [0.15, 0.2) is 36.7 Å². The molecule has 0 aliphatic carbocycles. The molecule has 1 aromatic carbocycles. The molecule has 0 bridgehead atoms. The molecule has 4 nitrogen and oxygen atoms in total. The first-order chi connectivity index (χ1) is 18.2. The van der Waals surface area contributed by atoms with E-state index in [4.69, 9.17) is 4.74 Å². The lowest BCUT2D eigenvalue weighted by Gasteiger charge is -2.39. The second-order valence-electron chi connectivity index (χ2n) is 11.0. The van der Waals surface area contributed by atoms with Crippen molar-refractivity contribution in [3.05, 3.63) is 42.2 Å². The fourth-order valence-electron chi connectivity index (χ4n) is 5.18. The molecule has 0 spiro atoms. The molecule has 2 aromatic rings. The molecular weight excluding hydrogens is 490 g/mol. The molecule has 0 radical (unpaired) electrons. The second kappa shape index (κ2) is 21.2. The minimum Gasteiger partial charge on any atom is -1.00 e. The Balaban J connectivity index is 0.00000722. The molecular formula is C33H56ClN3O. The van der Waals surface area contributed by atoms with E-state index in [0.717, 1.165) is 36.6 Å². The van der Waals surface area contributed by atoms with Crippen LogP contribution < -0.4 is 17.1 Å². The number of aryl methyl sites for hydroxylation is 1. The molecule has 0 amide bonds. The number of ether oxygens (including phenoxy) is 1. The van der Waals surface area contributed by atoms with Crippen molar-refractivity contribution in [3.63, 3.8) is 0 Å². The third-order valence-electron chi connectivity index (χ3n) is 7.64. The highest BCUT2D eigenvalue weighted by molar-refractivity contribution is 5.55. The third-order valence-corrected chi connectivity index (χ3v) is 7.64. The molecule has 0 saturated heterocycles. The van der Waals surface area contributed by atoms with Crippen LogP contribution in [-0.2, 0) is 6.42 Å². The number of hydrogen-bond acceptors (Lipinski definition) is 3. The minimum atomic E-state index is 0. The molecule has 5 heteroatoms. The first-order valence-electron chi connectivity index (χ1n) is 15.6. The molecule has 0 atom stereocenters. The van der Waals surface area contributed by atoms with Crippen molar-refractivity contribution in [3.8, 4) is 17.1 Å². The van der Waals surface area contributed by atoms with Crippen LogP contribution in [0, 0.1) is 0 Å². The maximum atomic E-state index is 6.15. The molecule has 0 unspecified atom stereocenters. The monoisotopic (exact) mass is 545 g/mol. The van der Waals surface area contributed by atoms with E-state index in [-0.39, 0.29) is 12.4 Å². The minimum absolute atomic E-state index is 0. The van der Waals surface area contributed by atoms with Crippen molar-refractivity contribution in [2.24, 2.45) is 0 Å². The number of hydrogen-bond donors (Lipinski definition) is 0. The van der Waals surface area contributed by atoms with Crippen molar-refractivity contribution in [1.82, 2.24) is 9.97 Å². The summed E-state index contributed by atoms with van der Waals surface area (Å²) < 4.78 is 7.44. The smallest absolute Gasteiger partial charge is 0.159 e. The Bertz CT molecular complexity index is 788. The van der Waals surface area contributed by atoms with Crippen molar-refractivity contribution in [2.75, 3.05) is 32.8 Å². The molecule has 2 rings (SSSR count). The van der Waals surface area contributed by atoms with Crippen molar-refractivity contribution < 1.29 is 21.6 Å². The van der Waals surface area contributed by atoms with Crippen LogP contribution in [0.5, 0.6) is 5.75 Å². The van der Waals surface area contributed by atoms with Gasteiger partial charge in [0, 0.05) is 24.4 Å². The zero-order valence-electron chi connectivity index (χ0n) is 25.0. The third kappa shape index (κ3) is 13.4. The summed E-state index contributed by atoms with van der Waals surface area (Å²) in [6, 6.07) is 8.30. The topological polar surface area (TPSA) is 35.0 Å². The van der Waals surface area contributed by atoms with E-state index >= 15 is 0 Å². The Morgan fingerprint density at radius 3 is 1.66 bits per heavy atom. The fraction of sp³-hybridized carbons (Fsp3) is 0.697. The van der Waals surface area contributed by atoms with Crippen LogP contribution in [0.2, 0.25) is 0 Å². The molecule has 0 aliphatic rings. The summed E-state index contributed by atoms with van der Waals surface area (Å²) in [6.45, 7) is 15.2. The van der Waals surface area contributed by atoms with Crippen LogP contribution in [0.4, 0.5) is 0 Å². The summed E-state index contributed by atoms with van der Waals surface area (Å²) in [7, 11) is 0. The predicted molar refractivity (Wildman–Crippen MR) is 159 cm³/mol. The lowest BCUT2D eigenvalue weighted by molar-refractivity contribution is -0.929. The van der Waals surface area contributed by atoms with Crippen LogP contribution in [0.1, 0.15) is 117 Å².